The van der Waals surface area contributed by atoms with Gasteiger partial charge in [-0.2, -0.15) is 0 Å². The third-order valence-corrected chi connectivity index (χ3v) is 3.80. The molecule has 2 aliphatic carbocycles. The highest BCUT2D eigenvalue weighted by Gasteiger charge is 2.40. The zero-order chi connectivity index (χ0) is 11.1. The van der Waals surface area contributed by atoms with Crippen molar-refractivity contribution in [2.24, 2.45) is 18.9 Å². The molecule has 0 aliphatic heterocycles. The van der Waals surface area contributed by atoms with Crippen molar-refractivity contribution >= 4 is 5.69 Å². The normalized spacial score (nSPS) is 30.9. The van der Waals surface area contributed by atoms with E-state index in [2.05, 4.69) is 17.5 Å². The summed E-state index contributed by atoms with van der Waals surface area (Å²) >= 11 is 0. The smallest absolute Gasteiger partial charge is 0.250 e. The summed E-state index contributed by atoms with van der Waals surface area (Å²) in [5, 5.41) is 3.51. The number of anilines is 1. The molecule has 0 radical (unpaired) electrons. The SMILES string of the molecule is Cn1cc(NC2CC3CC=CC32)ccc1=O. The van der Waals surface area contributed by atoms with E-state index in [4.69, 9.17) is 0 Å². The van der Waals surface area contributed by atoms with Crippen LogP contribution in [0.5, 0.6) is 0 Å². The van der Waals surface area contributed by atoms with E-state index in [0.29, 0.717) is 12.0 Å². The van der Waals surface area contributed by atoms with Crippen LogP contribution in [0.3, 0.4) is 0 Å². The number of aromatic nitrogens is 1. The number of hydrogen-bond donors (Lipinski definition) is 1. The highest BCUT2D eigenvalue weighted by Crippen LogP contribution is 2.43. The third-order valence-electron chi connectivity index (χ3n) is 3.80. The van der Waals surface area contributed by atoms with Crippen LogP contribution in [0.4, 0.5) is 5.69 Å². The van der Waals surface area contributed by atoms with Crippen LogP contribution in [-0.2, 0) is 7.05 Å². The van der Waals surface area contributed by atoms with E-state index >= 15 is 0 Å². The lowest BCUT2D eigenvalue weighted by Crippen LogP contribution is -2.43. The molecule has 3 unspecified atom stereocenters. The molecule has 0 spiro atoms. The van der Waals surface area contributed by atoms with Gasteiger partial charge in [0.2, 0.25) is 5.56 Å². The predicted octanol–water partition coefficient (Wildman–Crippen LogP) is 1.76. The number of allylic oxidation sites excluding steroid dienone is 1. The first kappa shape index (κ1) is 9.70. The summed E-state index contributed by atoms with van der Waals surface area (Å²) in [6, 6.07) is 4.04. The maximum atomic E-state index is 11.2. The highest BCUT2D eigenvalue weighted by atomic mass is 16.1. The Morgan fingerprint density at radius 2 is 2.31 bits per heavy atom. The Balaban J connectivity index is 1.73. The standard InChI is InChI=1S/C13H16N2O/c1-15-8-10(5-6-13(15)16)14-12-7-9-3-2-4-11(9)12/h2,4-6,8-9,11-12,14H,3,7H2,1H3. The molecule has 1 aromatic heterocycles. The summed E-state index contributed by atoms with van der Waals surface area (Å²) in [7, 11) is 1.78. The third kappa shape index (κ3) is 1.47. The van der Waals surface area contributed by atoms with Crippen LogP contribution in [0.15, 0.2) is 35.3 Å². The summed E-state index contributed by atoms with van der Waals surface area (Å²) in [5.74, 6) is 1.57. The number of hydrogen-bond acceptors (Lipinski definition) is 2. The van der Waals surface area contributed by atoms with E-state index in [-0.39, 0.29) is 5.56 Å². The van der Waals surface area contributed by atoms with Gasteiger partial charge < -0.3 is 9.88 Å². The molecule has 16 heavy (non-hydrogen) atoms. The van der Waals surface area contributed by atoms with Gasteiger partial charge in [-0.05, 0) is 24.8 Å². The molecular formula is C13H16N2O. The Hall–Kier alpha value is -1.51. The molecule has 1 heterocycles. The minimum atomic E-state index is 0.0396. The lowest BCUT2D eigenvalue weighted by Gasteiger charge is -2.41. The van der Waals surface area contributed by atoms with Gasteiger partial charge in [0.1, 0.15) is 0 Å². The molecule has 3 nitrogen and oxygen atoms in total. The van der Waals surface area contributed by atoms with Crippen molar-refractivity contribution in [2.45, 2.75) is 18.9 Å². The number of pyridine rings is 1. The van der Waals surface area contributed by atoms with Gasteiger partial charge in [0.15, 0.2) is 0 Å². The van der Waals surface area contributed by atoms with Crippen molar-refractivity contribution in [1.29, 1.82) is 0 Å². The summed E-state index contributed by atoms with van der Waals surface area (Å²) in [6.45, 7) is 0. The quantitative estimate of drug-likeness (QED) is 0.764. The van der Waals surface area contributed by atoms with Crippen LogP contribution in [0, 0.1) is 11.8 Å². The lowest BCUT2D eigenvalue weighted by atomic mass is 9.71. The van der Waals surface area contributed by atoms with Crippen LogP contribution in [-0.4, -0.2) is 10.6 Å². The fraction of sp³-hybridized carbons (Fsp3) is 0.462. The van der Waals surface area contributed by atoms with Crippen molar-refractivity contribution in [3.8, 4) is 0 Å². The van der Waals surface area contributed by atoms with Crippen molar-refractivity contribution in [2.75, 3.05) is 5.32 Å². The minimum Gasteiger partial charge on any atom is -0.381 e. The number of aryl methyl sites for hydroxylation is 1. The van der Waals surface area contributed by atoms with Gasteiger partial charge in [0.05, 0.1) is 5.69 Å². The van der Waals surface area contributed by atoms with Gasteiger partial charge in [-0.1, -0.05) is 12.2 Å². The van der Waals surface area contributed by atoms with Crippen LogP contribution in [0.25, 0.3) is 0 Å². The molecule has 84 valence electrons. The first-order chi connectivity index (χ1) is 7.74. The van der Waals surface area contributed by atoms with Gasteiger partial charge in [-0.25, -0.2) is 0 Å². The largest absolute Gasteiger partial charge is 0.381 e. The van der Waals surface area contributed by atoms with Crippen molar-refractivity contribution in [1.82, 2.24) is 4.57 Å². The second-order valence-corrected chi connectivity index (χ2v) is 4.85. The highest BCUT2D eigenvalue weighted by molar-refractivity contribution is 5.43. The molecule has 3 heteroatoms. The Morgan fingerprint density at radius 1 is 1.44 bits per heavy atom. The molecule has 1 aromatic rings. The van der Waals surface area contributed by atoms with Crippen LogP contribution < -0.4 is 10.9 Å². The fourth-order valence-electron chi connectivity index (χ4n) is 2.78. The number of nitrogens with zero attached hydrogens (tertiary/aromatic N) is 1. The van der Waals surface area contributed by atoms with Gasteiger partial charge in [-0.15, -0.1) is 0 Å². The van der Waals surface area contributed by atoms with Crippen molar-refractivity contribution in [3.05, 3.63) is 40.8 Å². The molecule has 0 saturated heterocycles. The molecule has 0 aromatic carbocycles. The molecule has 3 atom stereocenters. The van der Waals surface area contributed by atoms with Crippen LogP contribution >= 0.6 is 0 Å². The summed E-state index contributed by atoms with van der Waals surface area (Å²) in [4.78, 5) is 11.2. The Labute approximate surface area is 94.8 Å². The molecular weight excluding hydrogens is 200 g/mol. The molecule has 1 saturated carbocycles. The topological polar surface area (TPSA) is 34.0 Å². The molecule has 1 fully saturated rings. The van der Waals surface area contributed by atoms with Gasteiger partial charge in [0, 0.05) is 31.3 Å². The Bertz CT molecular complexity index is 489. The predicted molar refractivity (Wildman–Crippen MR) is 64.4 cm³/mol. The Morgan fingerprint density at radius 3 is 3.06 bits per heavy atom. The Kier molecular flexibility index (Phi) is 2.13. The monoisotopic (exact) mass is 216 g/mol. The zero-order valence-electron chi connectivity index (χ0n) is 9.39. The molecule has 1 N–H and O–H groups in total. The first-order valence-electron chi connectivity index (χ1n) is 5.84. The van der Waals surface area contributed by atoms with Crippen LogP contribution in [0.2, 0.25) is 0 Å². The second-order valence-electron chi connectivity index (χ2n) is 4.85. The summed E-state index contributed by atoms with van der Waals surface area (Å²) in [6.07, 6.45) is 8.98. The van der Waals surface area contributed by atoms with Crippen molar-refractivity contribution < 1.29 is 0 Å². The first-order valence-corrected chi connectivity index (χ1v) is 5.84. The molecule has 0 amide bonds. The molecule has 3 rings (SSSR count). The van der Waals surface area contributed by atoms with E-state index in [1.807, 2.05) is 12.3 Å². The lowest BCUT2D eigenvalue weighted by molar-refractivity contribution is 0.218. The maximum absolute atomic E-state index is 11.2. The van der Waals surface area contributed by atoms with Crippen molar-refractivity contribution in [3.63, 3.8) is 0 Å². The van der Waals surface area contributed by atoms with Gasteiger partial charge in [0.25, 0.3) is 0 Å². The second kappa shape index (κ2) is 3.51. The van der Waals surface area contributed by atoms with Crippen LogP contribution in [0.1, 0.15) is 12.8 Å². The summed E-state index contributed by atoms with van der Waals surface area (Å²) < 4.78 is 1.61. The van der Waals surface area contributed by atoms with E-state index in [9.17, 15) is 4.79 Å². The summed E-state index contributed by atoms with van der Waals surface area (Å²) in [5.41, 5.74) is 1.09. The molecule has 2 aliphatic rings. The van der Waals surface area contributed by atoms with E-state index in [1.54, 1.807) is 17.7 Å². The average Bonchev–Trinajstić information content (AvgIpc) is 2.61. The number of rotatable bonds is 2. The van der Waals surface area contributed by atoms with E-state index < -0.39 is 0 Å². The van der Waals surface area contributed by atoms with E-state index in [1.165, 1.54) is 12.8 Å². The number of fused-ring (bicyclic) bond motifs is 1. The average molecular weight is 216 g/mol. The minimum absolute atomic E-state index is 0.0396. The fourth-order valence-corrected chi connectivity index (χ4v) is 2.78. The zero-order valence-corrected chi connectivity index (χ0v) is 9.39. The molecule has 0 bridgehead atoms. The van der Waals surface area contributed by atoms with E-state index in [0.717, 1.165) is 11.6 Å². The van der Waals surface area contributed by atoms with Gasteiger partial charge >= 0.3 is 0 Å². The maximum Gasteiger partial charge on any atom is 0.250 e. The van der Waals surface area contributed by atoms with Gasteiger partial charge in [-0.3, -0.25) is 4.79 Å². The number of nitrogens with one attached hydrogen (secondary N) is 1.